The molecule has 1 fully saturated rings. The van der Waals surface area contributed by atoms with Gasteiger partial charge in [-0.2, -0.15) is 0 Å². The van der Waals surface area contributed by atoms with Crippen LogP contribution in [0, 0.1) is 12.3 Å². The monoisotopic (exact) mass is 416 g/mol. The van der Waals surface area contributed by atoms with Crippen molar-refractivity contribution >= 4 is 29.4 Å². The molecule has 1 aliphatic heterocycles. The van der Waals surface area contributed by atoms with Crippen LogP contribution < -0.4 is 5.73 Å². The van der Waals surface area contributed by atoms with Crippen molar-refractivity contribution in [2.45, 2.75) is 33.1 Å². The maximum absolute atomic E-state index is 12.9. The number of nitrogens with two attached hydrogens (primary N) is 1. The van der Waals surface area contributed by atoms with E-state index in [0.29, 0.717) is 49.7 Å². The standard InChI is InChI=1S/C21H25ClN4O3/c1-3-29-19(28)21(13-15-4-6-16(22)7-5-15)8-10-26(11-9-21)18(27)17-12-14(2)24-20(23)25-17/h4-7,12H,3,8-11,13H2,1-2H3,(H2,23,24,25). The van der Waals surface area contributed by atoms with E-state index in [9.17, 15) is 9.59 Å². The van der Waals surface area contributed by atoms with Crippen molar-refractivity contribution in [3.63, 3.8) is 0 Å². The Morgan fingerprint density at radius 3 is 2.45 bits per heavy atom. The highest BCUT2D eigenvalue weighted by molar-refractivity contribution is 6.30. The van der Waals surface area contributed by atoms with E-state index in [1.54, 1.807) is 24.8 Å². The summed E-state index contributed by atoms with van der Waals surface area (Å²) < 4.78 is 5.39. The van der Waals surface area contributed by atoms with Crippen LogP contribution in [0.4, 0.5) is 5.95 Å². The van der Waals surface area contributed by atoms with Gasteiger partial charge in [-0.1, -0.05) is 23.7 Å². The first-order valence-corrected chi connectivity index (χ1v) is 10.0. The minimum Gasteiger partial charge on any atom is -0.466 e. The Morgan fingerprint density at radius 1 is 1.21 bits per heavy atom. The Kier molecular flexibility index (Phi) is 6.37. The number of ether oxygens (including phenoxy) is 1. The van der Waals surface area contributed by atoms with Gasteiger partial charge in [0, 0.05) is 23.8 Å². The molecule has 0 radical (unpaired) electrons. The lowest BCUT2D eigenvalue weighted by Gasteiger charge is -2.40. The van der Waals surface area contributed by atoms with Crippen LogP contribution in [0.3, 0.4) is 0 Å². The molecule has 3 rings (SSSR count). The van der Waals surface area contributed by atoms with E-state index < -0.39 is 5.41 Å². The Balaban J connectivity index is 1.77. The summed E-state index contributed by atoms with van der Waals surface area (Å²) in [6.45, 7) is 4.77. The predicted octanol–water partition coefficient (Wildman–Crippen LogP) is 3.05. The zero-order chi connectivity index (χ0) is 21.0. The third kappa shape index (κ3) is 4.85. The number of carbonyl (C=O) groups excluding carboxylic acids is 2. The van der Waals surface area contributed by atoms with Gasteiger partial charge in [-0.15, -0.1) is 0 Å². The lowest BCUT2D eigenvalue weighted by Crippen LogP contribution is -2.48. The molecule has 1 saturated heterocycles. The molecule has 1 aromatic heterocycles. The number of anilines is 1. The number of nitrogens with zero attached hydrogens (tertiary/aromatic N) is 3. The number of halogens is 1. The van der Waals surface area contributed by atoms with Gasteiger partial charge in [0.2, 0.25) is 5.95 Å². The summed E-state index contributed by atoms with van der Waals surface area (Å²) in [5, 5.41) is 0.652. The smallest absolute Gasteiger partial charge is 0.312 e. The molecule has 7 nitrogen and oxygen atoms in total. The zero-order valence-corrected chi connectivity index (χ0v) is 17.4. The molecule has 0 atom stereocenters. The Morgan fingerprint density at radius 2 is 1.86 bits per heavy atom. The number of aryl methyl sites for hydroxylation is 1. The number of piperidine rings is 1. The first-order chi connectivity index (χ1) is 13.8. The third-order valence-electron chi connectivity index (χ3n) is 5.26. The van der Waals surface area contributed by atoms with Crippen molar-refractivity contribution in [1.29, 1.82) is 0 Å². The van der Waals surface area contributed by atoms with E-state index >= 15 is 0 Å². The molecule has 0 bridgehead atoms. The van der Waals surface area contributed by atoms with Crippen molar-refractivity contribution in [2.75, 3.05) is 25.4 Å². The van der Waals surface area contributed by atoms with E-state index in [0.717, 1.165) is 5.56 Å². The molecule has 154 valence electrons. The maximum atomic E-state index is 12.9. The molecular formula is C21H25ClN4O3. The number of benzene rings is 1. The van der Waals surface area contributed by atoms with Crippen molar-refractivity contribution < 1.29 is 14.3 Å². The Bertz CT molecular complexity index is 873. The molecule has 2 heterocycles. The zero-order valence-electron chi connectivity index (χ0n) is 16.7. The highest BCUT2D eigenvalue weighted by Crippen LogP contribution is 2.37. The first-order valence-electron chi connectivity index (χ1n) is 9.65. The summed E-state index contributed by atoms with van der Waals surface area (Å²) >= 11 is 5.98. The van der Waals surface area contributed by atoms with Crippen LogP contribution in [-0.4, -0.2) is 46.4 Å². The van der Waals surface area contributed by atoms with Crippen LogP contribution in [0.5, 0.6) is 0 Å². The van der Waals surface area contributed by atoms with Crippen LogP contribution in [0.25, 0.3) is 0 Å². The van der Waals surface area contributed by atoms with Gasteiger partial charge in [-0.25, -0.2) is 9.97 Å². The third-order valence-corrected chi connectivity index (χ3v) is 5.51. The summed E-state index contributed by atoms with van der Waals surface area (Å²) in [6.07, 6.45) is 1.57. The van der Waals surface area contributed by atoms with E-state index in [1.165, 1.54) is 0 Å². The van der Waals surface area contributed by atoms with E-state index in [-0.39, 0.29) is 23.5 Å². The van der Waals surface area contributed by atoms with Crippen molar-refractivity contribution in [1.82, 2.24) is 14.9 Å². The fourth-order valence-corrected chi connectivity index (χ4v) is 3.86. The Labute approximate surface area is 175 Å². The molecule has 0 saturated carbocycles. The number of amides is 1. The normalized spacial score (nSPS) is 15.8. The fourth-order valence-electron chi connectivity index (χ4n) is 3.73. The van der Waals surface area contributed by atoms with E-state index in [2.05, 4.69) is 9.97 Å². The van der Waals surface area contributed by atoms with Gasteiger partial charge in [0.1, 0.15) is 5.69 Å². The largest absolute Gasteiger partial charge is 0.466 e. The summed E-state index contributed by atoms with van der Waals surface area (Å²) in [6, 6.07) is 9.10. The average molecular weight is 417 g/mol. The highest BCUT2D eigenvalue weighted by atomic mass is 35.5. The Hall–Kier alpha value is -2.67. The molecule has 2 N–H and O–H groups in total. The van der Waals surface area contributed by atoms with Gasteiger partial charge in [-0.3, -0.25) is 9.59 Å². The molecule has 29 heavy (non-hydrogen) atoms. The minimum atomic E-state index is -0.665. The molecule has 2 aromatic rings. The van der Waals surface area contributed by atoms with Crippen LogP contribution >= 0.6 is 11.6 Å². The molecule has 1 aromatic carbocycles. The van der Waals surface area contributed by atoms with Gasteiger partial charge in [-0.05, 0) is 56.9 Å². The topological polar surface area (TPSA) is 98.4 Å². The molecule has 1 aliphatic rings. The number of rotatable bonds is 5. The van der Waals surface area contributed by atoms with Crippen LogP contribution in [-0.2, 0) is 16.0 Å². The van der Waals surface area contributed by atoms with Crippen molar-refractivity contribution in [3.05, 3.63) is 52.3 Å². The lowest BCUT2D eigenvalue weighted by molar-refractivity contribution is -0.158. The number of esters is 1. The molecular weight excluding hydrogens is 392 g/mol. The van der Waals surface area contributed by atoms with Crippen LogP contribution in [0.2, 0.25) is 5.02 Å². The molecule has 0 unspecified atom stereocenters. The van der Waals surface area contributed by atoms with Crippen molar-refractivity contribution in [3.8, 4) is 0 Å². The summed E-state index contributed by atoms with van der Waals surface area (Å²) in [7, 11) is 0. The van der Waals surface area contributed by atoms with Crippen LogP contribution in [0.1, 0.15) is 41.5 Å². The summed E-state index contributed by atoms with van der Waals surface area (Å²) in [5.74, 6) is -0.343. The van der Waals surface area contributed by atoms with Crippen LogP contribution in [0.15, 0.2) is 30.3 Å². The van der Waals surface area contributed by atoms with E-state index in [1.807, 2.05) is 24.3 Å². The lowest BCUT2D eigenvalue weighted by atomic mass is 9.73. The maximum Gasteiger partial charge on any atom is 0.312 e. The number of aromatic nitrogens is 2. The van der Waals surface area contributed by atoms with Gasteiger partial charge in [0.25, 0.3) is 5.91 Å². The quantitative estimate of drug-likeness (QED) is 0.752. The van der Waals surface area contributed by atoms with Crippen molar-refractivity contribution in [2.24, 2.45) is 5.41 Å². The van der Waals surface area contributed by atoms with E-state index in [4.69, 9.17) is 22.1 Å². The molecule has 1 amide bonds. The SMILES string of the molecule is CCOC(=O)C1(Cc2ccc(Cl)cc2)CCN(C(=O)c2cc(C)nc(N)n2)CC1. The molecule has 0 spiro atoms. The second kappa shape index (κ2) is 8.78. The van der Waals surface area contributed by atoms with Gasteiger partial charge >= 0.3 is 5.97 Å². The minimum absolute atomic E-state index is 0.0777. The number of hydrogen-bond donors (Lipinski definition) is 1. The number of carbonyl (C=O) groups is 2. The first kappa shape index (κ1) is 21.0. The van der Waals surface area contributed by atoms with Gasteiger partial charge in [0.05, 0.1) is 12.0 Å². The number of likely N-dealkylation sites (tertiary alicyclic amines) is 1. The summed E-state index contributed by atoms with van der Waals surface area (Å²) in [4.78, 5) is 35.5. The average Bonchev–Trinajstić information content (AvgIpc) is 2.69. The van der Waals surface area contributed by atoms with Gasteiger partial charge < -0.3 is 15.4 Å². The molecule has 8 heteroatoms. The number of nitrogen functional groups attached to an aromatic ring is 1. The second-order valence-electron chi connectivity index (χ2n) is 7.35. The fraction of sp³-hybridized carbons (Fsp3) is 0.429. The summed E-state index contributed by atoms with van der Waals surface area (Å²) in [5.41, 5.74) is 6.94. The molecule has 0 aliphatic carbocycles. The highest BCUT2D eigenvalue weighted by Gasteiger charge is 2.43. The van der Waals surface area contributed by atoms with Gasteiger partial charge in [0.15, 0.2) is 0 Å². The second-order valence-corrected chi connectivity index (χ2v) is 7.79. The predicted molar refractivity (Wildman–Crippen MR) is 111 cm³/mol. The number of hydrogen-bond acceptors (Lipinski definition) is 6.